The highest BCUT2D eigenvalue weighted by molar-refractivity contribution is 5.94. The standard InChI is InChI=1S/C31H45NO8/c1-3-5-7-14-31(15-8-6-4-2)39-27-22-25(29(35)32-16-17-33)21-26(28(27)40-31)38-30(36)24-11-9-23(10-12-24)13-19-37-20-18-34/h9-13,19,22,26-28,33-34H,3-8,14-18,20-21H2,1-2H3,(H,32,35). The summed E-state index contributed by atoms with van der Waals surface area (Å²) in [5.74, 6) is -1.60. The molecule has 3 N–H and O–H groups in total. The van der Waals surface area contributed by atoms with Gasteiger partial charge in [0.15, 0.2) is 5.79 Å². The molecule has 9 nitrogen and oxygen atoms in total. The Morgan fingerprint density at radius 1 is 1.02 bits per heavy atom. The Balaban J connectivity index is 1.78. The van der Waals surface area contributed by atoms with Crippen molar-refractivity contribution in [2.45, 2.75) is 95.7 Å². The Labute approximate surface area is 237 Å². The van der Waals surface area contributed by atoms with Crippen LogP contribution in [0.4, 0.5) is 0 Å². The molecule has 0 aromatic heterocycles. The minimum absolute atomic E-state index is 0.0640. The van der Waals surface area contributed by atoms with E-state index in [4.69, 9.17) is 29.2 Å². The maximum absolute atomic E-state index is 13.2. The summed E-state index contributed by atoms with van der Waals surface area (Å²) in [7, 11) is 0. The van der Waals surface area contributed by atoms with Gasteiger partial charge in [0.05, 0.1) is 25.0 Å². The zero-order chi connectivity index (χ0) is 28.8. The van der Waals surface area contributed by atoms with E-state index < -0.39 is 30.1 Å². The van der Waals surface area contributed by atoms with E-state index in [1.807, 2.05) is 0 Å². The lowest BCUT2D eigenvalue weighted by Crippen LogP contribution is -2.43. The highest BCUT2D eigenvalue weighted by Crippen LogP contribution is 2.43. The molecule has 0 radical (unpaired) electrons. The SMILES string of the molecule is CCCCCC1(CCCCC)OC2C=C(C(=O)NCCO)CC(OC(=O)c3ccc(C=COCCO)cc3)C2O1. The average molecular weight is 560 g/mol. The molecule has 3 rings (SSSR count). The molecule has 2 aliphatic rings. The van der Waals surface area contributed by atoms with Crippen LogP contribution in [0.5, 0.6) is 0 Å². The number of hydrogen-bond donors (Lipinski definition) is 3. The fourth-order valence-electron chi connectivity index (χ4n) is 5.07. The number of hydrogen-bond acceptors (Lipinski definition) is 8. The number of carbonyl (C=O) groups excluding carboxylic acids is 2. The lowest BCUT2D eigenvalue weighted by Gasteiger charge is -2.31. The first kappa shape index (κ1) is 31.8. The van der Waals surface area contributed by atoms with Crippen molar-refractivity contribution >= 4 is 18.0 Å². The summed E-state index contributed by atoms with van der Waals surface area (Å²) >= 11 is 0. The smallest absolute Gasteiger partial charge is 0.338 e. The molecular formula is C31H45NO8. The number of fused-ring (bicyclic) bond motifs is 1. The normalized spacial score (nSPS) is 21.6. The molecule has 1 fully saturated rings. The predicted octanol–water partition coefficient (Wildman–Crippen LogP) is 4.27. The number of ether oxygens (including phenoxy) is 4. The van der Waals surface area contributed by atoms with E-state index in [9.17, 15) is 9.59 Å². The first-order valence-electron chi connectivity index (χ1n) is 14.6. The quantitative estimate of drug-likeness (QED) is 0.147. The number of aliphatic hydroxyl groups is 2. The monoisotopic (exact) mass is 559 g/mol. The number of esters is 1. The molecule has 1 aliphatic carbocycles. The molecule has 0 spiro atoms. The van der Waals surface area contributed by atoms with E-state index in [1.54, 1.807) is 36.4 Å². The van der Waals surface area contributed by atoms with Crippen LogP contribution >= 0.6 is 0 Å². The second-order valence-electron chi connectivity index (χ2n) is 10.3. The summed E-state index contributed by atoms with van der Waals surface area (Å²) in [4.78, 5) is 26.0. The van der Waals surface area contributed by atoms with Gasteiger partial charge in [-0.05, 0) is 42.7 Å². The lowest BCUT2D eigenvalue weighted by molar-refractivity contribution is -0.190. The molecule has 1 amide bonds. The molecule has 0 bridgehead atoms. The van der Waals surface area contributed by atoms with Gasteiger partial charge in [0, 0.05) is 31.4 Å². The summed E-state index contributed by atoms with van der Waals surface area (Å²) in [6, 6.07) is 6.89. The molecule has 40 heavy (non-hydrogen) atoms. The van der Waals surface area contributed by atoms with Crippen molar-refractivity contribution < 1.29 is 38.7 Å². The van der Waals surface area contributed by atoms with Crippen molar-refractivity contribution in [3.8, 4) is 0 Å². The van der Waals surface area contributed by atoms with Crippen LogP contribution in [-0.4, -0.2) is 72.6 Å². The van der Waals surface area contributed by atoms with E-state index in [0.29, 0.717) is 11.1 Å². The Kier molecular flexibility index (Phi) is 13.1. The summed E-state index contributed by atoms with van der Waals surface area (Å²) in [6.07, 6.45) is 11.2. The number of aliphatic hydroxyl groups excluding tert-OH is 2. The van der Waals surface area contributed by atoms with Crippen LogP contribution in [0.25, 0.3) is 6.08 Å². The molecule has 1 saturated heterocycles. The summed E-state index contributed by atoms with van der Waals surface area (Å²) < 4.78 is 24.3. The number of benzene rings is 1. The summed E-state index contributed by atoms with van der Waals surface area (Å²) in [5, 5.41) is 20.7. The molecule has 1 aromatic carbocycles. The third-order valence-electron chi connectivity index (χ3n) is 7.16. The third kappa shape index (κ3) is 9.16. The maximum atomic E-state index is 13.2. The van der Waals surface area contributed by atoms with Crippen molar-refractivity contribution in [2.24, 2.45) is 0 Å². The number of rotatable bonds is 17. The van der Waals surface area contributed by atoms with Gasteiger partial charge in [-0.15, -0.1) is 0 Å². The minimum atomic E-state index is -0.774. The molecule has 3 atom stereocenters. The molecule has 222 valence electrons. The van der Waals surface area contributed by atoms with E-state index in [0.717, 1.165) is 56.9 Å². The van der Waals surface area contributed by atoms with Crippen LogP contribution < -0.4 is 5.32 Å². The van der Waals surface area contributed by atoms with Crippen LogP contribution in [0.15, 0.2) is 42.2 Å². The van der Waals surface area contributed by atoms with Gasteiger partial charge < -0.3 is 34.5 Å². The van der Waals surface area contributed by atoms with Crippen LogP contribution in [0.3, 0.4) is 0 Å². The number of nitrogens with one attached hydrogen (secondary N) is 1. The fraction of sp³-hybridized carbons (Fsp3) is 0.613. The number of unbranched alkanes of at least 4 members (excludes halogenated alkanes) is 4. The Bertz CT molecular complexity index is 980. The summed E-state index contributed by atoms with van der Waals surface area (Å²) in [6.45, 7) is 4.43. The largest absolute Gasteiger partial charge is 0.499 e. The van der Waals surface area contributed by atoms with Crippen molar-refractivity contribution in [3.05, 3.63) is 53.3 Å². The third-order valence-corrected chi connectivity index (χ3v) is 7.16. The Morgan fingerprint density at radius 3 is 2.35 bits per heavy atom. The van der Waals surface area contributed by atoms with Gasteiger partial charge in [-0.2, -0.15) is 0 Å². The summed E-state index contributed by atoms with van der Waals surface area (Å²) in [5.41, 5.74) is 1.66. The topological polar surface area (TPSA) is 124 Å². The molecule has 1 heterocycles. The van der Waals surface area contributed by atoms with Crippen LogP contribution in [-0.2, 0) is 23.7 Å². The van der Waals surface area contributed by atoms with Crippen molar-refractivity contribution in [3.63, 3.8) is 0 Å². The molecular weight excluding hydrogens is 514 g/mol. The highest BCUT2D eigenvalue weighted by atomic mass is 16.8. The number of amides is 1. The van der Waals surface area contributed by atoms with E-state index in [1.165, 1.54) is 6.26 Å². The highest BCUT2D eigenvalue weighted by Gasteiger charge is 2.52. The van der Waals surface area contributed by atoms with E-state index in [-0.39, 0.29) is 38.7 Å². The lowest BCUT2D eigenvalue weighted by atomic mass is 9.91. The first-order valence-corrected chi connectivity index (χ1v) is 14.6. The maximum Gasteiger partial charge on any atom is 0.338 e. The predicted molar refractivity (Wildman–Crippen MR) is 151 cm³/mol. The molecule has 3 unspecified atom stereocenters. The second-order valence-corrected chi connectivity index (χ2v) is 10.3. The van der Waals surface area contributed by atoms with Gasteiger partial charge in [0.25, 0.3) is 0 Å². The van der Waals surface area contributed by atoms with E-state index in [2.05, 4.69) is 19.2 Å². The van der Waals surface area contributed by atoms with Gasteiger partial charge in [0.2, 0.25) is 5.91 Å². The van der Waals surface area contributed by atoms with Crippen molar-refractivity contribution in [1.82, 2.24) is 5.32 Å². The number of carbonyl (C=O) groups is 2. The first-order chi connectivity index (χ1) is 19.4. The van der Waals surface area contributed by atoms with Gasteiger partial charge >= 0.3 is 5.97 Å². The van der Waals surface area contributed by atoms with Crippen LogP contribution in [0.2, 0.25) is 0 Å². The molecule has 9 heteroatoms. The van der Waals surface area contributed by atoms with Gasteiger partial charge in [-0.1, -0.05) is 51.7 Å². The van der Waals surface area contributed by atoms with Gasteiger partial charge in [-0.3, -0.25) is 4.79 Å². The zero-order valence-corrected chi connectivity index (χ0v) is 23.8. The fourth-order valence-corrected chi connectivity index (χ4v) is 5.07. The minimum Gasteiger partial charge on any atom is -0.499 e. The van der Waals surface area contributed by atoms with E-state index >= 15 is 0 Å². The Morgan fingerprint density at radius 2 is 1.73 bits per heavy atom. The zero-order valence-electron chi connectivity index (χ0n) is 23.8. The molecule has 1 aliphatic heterocycles. The van der Waals surface area contributed by atoms with Crippen LogP contribution in [0.1, 0.15) is 87.6 Å². The van der Waals surface area contributed by atoms with Crippen LogP contribution in [0, 0.1) is 0 Å². The van der Waals surface area contributed by atoms with Gasteiger partial charge in [-0.25, -0.2) is 4.79 Å². The average Bonchev–Trinajstić information content (AvgIpc) is 3.33. The van der Waals surface area contributed by atoms with Crippen molar-refractivity contribution in [1.29, 1.82) is 0 Å². The van der Waals surface area contributed by atoms with Gasteiger partial charge in [0.1, 0.15) is 24.9 Å². The molecule has 0 saturated carbocycles. The van der Waals surface area contributed by atoms with Crippen molar-refractivity contribution in [2.75, 3.05) is 26.4 Å². The Hall–Kier alpha value is -2.72. The molecule has 1 aromatic rings. The second kappa shape index (κ2) is 16.5.